The molecule has 0 fully saturated rings. The molecule has 0 bridgehead atoms. The highest BCUT2D eigenvalue weighted by atomic mass is 35.5. The summed E-state index contributed by atoms with van der Waals surface area (Å²) in [5, 5.41) is 3.64. The molecular weight excluding hydrogens is 440 g/mol. The van der Waals surface area contributed by atoms with Crippen LogP contribution in [0.4, 0.5) is 0 Å². The Morgan fingerprint density at radius 1 is 1.09 bits per heavy atom. The Morgan fingerprint density at radius 3 is 2.48 bits per heavy atom. The van der Waals surface area contributed by atoms with Gasteiger partial charge in [0.25, 0.3) is 17.2 Å². The number of imide groups is 1. The molecule has 3 heterocycles. The fraction of sp³-hybridized carbons (Fsp3) is 0.280. The number of aromatic nitrogens is 3. The number of nitrogens with zero attached hydrogens (tertiary/aromatic N) is 3. The van der Waals surface area contributed by atoms with Crippen LogP contribution in [0, 0.1) is 6.92 Å². The first-order valence-corrected chi connectivity index (χ1v) is 11.3. The van der Waals surface area contributed by atoms with Crippen molar-refractivity contribution in [3.05, 3.63) is 81.0 Å². The lowest BCUT2D eigenvalue weighted by Crippen LogP contribution is -2.42. The highest BCUT2D eigenvalue weighted by Crippen LogP contribution is 2.31. The third-order valence-electron chi connectivity index (χ3n) is 5.60. The molecular formula is C25H26ClN4O3+. The summed E-state index contributed by atoms with van der Waals surface area (Å²) in [5.41, 5.74) is 2.22. The smallest absolute Gasteiger partial charge is 0.294 e. The molecule has 1 aliphatic heterocycles. The summed E-state index contributed by atoms with van der Waals surface area (Å²) in [4.78, 5) is 41.9. The molecule has 33 heavy (non-hydrogen) atoms. The Labute approximate surface area is 196 Å². The lowest BCUT2D eigenvalue weighted by molar-refractivity contribution is -0.577. The van der Waals surface area contributed by atoms with Crippen molar-refractivity contribution in [3.63, 3.8) is 0 Å². The molecule has 7 nitrogen and oxygen atoms in total. The number of rotatable bonds is 6. The zero-order valence-electron chi connectivity index (χ0n) is 19.1. The first-order valence-electron chi connectivity index (χ1n) is 10.9. The van der Waals surface area contributed by atoms with Crippen LogP contribution in [0.1, 0.15) is 44.0 Å². The Kier molecular flexibility index (Phi) is 6.08. The number of aromatic amines is 1. The predicted octanol–water partition coefficient (Wildman–Crippen LogP) is 3.51. The molecule has 3 aromatic rings. The van der Waals surface area contributed by atoms with Crippen molar-refractivity contribution in [1.29, 1.82) is 0 Å². The van der Waals surface area contributed by atoms with Crippen molar-refractivity contribution in [2.45, 2.75) is 46.6 Å². The molecule has 2 aromatic heterocycles. The quantitative estimate of drug-likeness (QED) is 0.447. The number of pyridine rings is 1. The maximum absolute atomic E-state index is 13.7. The summed E-state index contributed by atoms with van der Waals surface area (Å²) in [6, 6.07) is 10.3. The standard InChI is InChI=1S/C25H25ClN4O3/c1-5-8-19-20(24(32)30(27-19)18-11-6-10-17(26)13-18)21-22(28-12-7-9-16(4)14-28)25(33)29(15(2)3)23(21)31/h6-7,9-15H,5,8H2,1-4H3/p+1. The van der Waals surface area contributed by atoms with E-state index < -0.39 is 17.4 Å². The number of benzene rings is 1. The van der Waals surface area contributed by atoms with Gasteiger partial charge in [-0.2, -0.15) is 4.57 Å². The van der Waals surface area contributed by atoms with Gasteiger partial charge in [0.05, 0.1) is 11.3 Å². The second-order valence-electron chi connectivity index (χ2n) is 8.42. The summed E-state index contributed by atoms with van der Waals surface area (Å²) in [6.45, 7) is 7.46. The number of hydrogen-bond donors (Lipinski definition) is 1. The van der Waals surface area contributed by atoms with Crippen molar-refractivity contribution in [1.82, 2.24) is 14.7 Å². The largest absolute Gasteiger partial charge is 0.327 e. The van der Waals surface area contributed by atoms with Crippen molar-refractivity contribution >= 4 is 34.7 Å². The predicted molar refractivity (Wildman–Crippen MR) is 127 cm³/mol. The average Bonchev–Trinajstić information content (AvgIpc) is 3.20. The minimum atomic E-state index is -0.467. The summed E-state index contributed by atoms with van der Waals surface area (Å²) in [7, 11) is 0. The number of halogens is 1. The molecule has 0 radical (unpaired) electrons. The molecule has 8 heteroatoms. The van der Waals surface area contributed by atoms with E-state index in [0.29, 0.717) is 22.8 Å². The Hall–Kier alpha value is -3.45. The van der Waals surface area contributed by atoms with Crippen LogP contribution in [0.5, 0.6) is 0 Å². The zero-order chi connectivity index (χ0) is 23.9. The molecule has 0 saturated heterocycles. The van der Waals surface area contributed by atoms with Crippen molar-refractivity contribution in [2.75, 3.05) is 0 Å². The van der Waals surface area contributed by atoms with Gasteiger partial charge in [-0.1, -0.05) is 31.0 Å². The van der Waals surface area contributed by atoms with Crippen LogP contribution < -0.4 is 10.1 Å². The first kappa shape index (κ1) is 22.7. The van der Waals surface area contributed by atoms with Gasteiger partial charge in [-0.15, -0.1) is 0 Å². The average molecular weight is 466 g/mol. The van der Waals surface area contributed by atoms with Crippen molar-refractivity contribution in [3.8, 4) is 5.69 Å². The van der Waals surface area contributed by atoms with Gasteiger partial charge in [0.2, 0.25) is 0 Å². The number of nitrogens with one attached hydrogen (secondary N) is 1. The van der Waals surface area contributed by atoms with E-state index in [1.807, 2.05) is 26.0 Å². The van der Waals surface area contributed by atoms with Crippen LogP contribution in [-0.2, 0) is 16.0 Å². The van der Waals surface area contributed by atoms with Crippen molar-refractivity contribution < 1.29 is 14.2 Å². The molecule has 1 aromatic carbocycles. The number of H-pyrrole nitrogens is 1. The number of amides is 2. The van der Waals surface area contributed by atoms with Gasteiger partial charge in [-0.05, 0) is 51.5 Å². The fourth-order valence-corrected chi connectivity index (χ4v) is 4.35. The Morgan fingerprint density at radius 2 is 1.85 bits per heavy atom. The van der Waals surface area contributed by atoms with Crippen molar-refractivity contribution in [2.24, 2.45) is 0 Å². The van der Waals surface area contributed by atoms with Crippen LogP contribution in [0.15, 0.2) is 53.6 Å². The van der Waals surface area contributed by atoms with Crippen LogP contribution in [0.2, 0.25) is 5.02 Å². The number of aryl methyl sites for hydroxylation is 2. The third kappa shape index (κ3) is 3.93. The Bertz CT molecular complexity index is 1350. The highest BCUT2D eigenvalue weighted by molar-refractivity contribution is 6.44. The molecule has 1 N–H and O–H groups in total. The summed E-state index contributed by atoms with van der Waals surface area (Å²) >= 11 is 6.15. The zero-order valence-corrected chi connectivity index (χ0v) is 19.8. The third-order valence-corrected chi connectivity index (χ3v) is 5.83. The molecule has 0 saturated carbocycles. The van der Waals surface area contributed by atoms with Gasteiger partial charge >= 0.3 is 5.91 Å². The summed E-state index contributed by atoms with van der Waals surface area (Å²) in [5.74, 6) is -0.886. The van der Waals surface area contributed by atoms with Gasteiger partial charge in [0.1, 0.15) is 5.57 Å². The van der Waals surface area contributed by atoms with Crippen LogP contribution >= 0.6 is 11.6 Å². The minimum absolute atomic E-state index is 0.120. The van der Waals surface area contributed by atoms with Gasteiger partial charge in [-0.25, -0.2) is 4.68 Å². The number of carbonyl (C=O) groups is 2. The van der Waals surface area contributed by atoms with Gasteiger partial charge < -0.3 is 0 Å². The van der Waals surface area contributed by atoms with Gasteiger partial charge in [0, 0.05) is 28.4 Å². The van der Waals surface area contributed by atoms with E-state index in [1.165, 1.54) is 9.58 Å². The summed E-state index contributed by atoms with van der Waals surface area (Å²) < 4.78 is 3.02. The van der Waals surface area contributed by atoms with E-state index in [-0.39, 0.29) is 22.9 Å². The second kappa shape index (κ2) is 8.83. The first-order chi connectivity index (χ1) is 15.7. The Balaban J connectivity index is 2.04. The van der Waals surface area contributed by atoms with E-state index in [2.05, 4.69) is 5.10 Å². The molecule has 0 aliphatic carbocycles. The second-order valence-corrected chi connectivity index (χ2v) is 8.86. The van der Waals surface area contributed by atoms with Gasteiger partial charge in [-0.3, -0.25) is 24.4 Å². The normalized spacial score (nSPS) is 14.2. The van der Waals surface area contributed by atoms with E-state index in [9.17, 15) is 14.4 Å². The number of hydrogen-bond acceptors (Lipinski definition) is 3. The van der Waals surface area contributed by atoms with E-state index in [0.717, 1.165) is 12.0 Å². The SMILES string of the molecule is CCCc1[nH]n(-c2cccc(Cl)c2)c(=O)c1C1=C([n+]2cccc(C)c2)C(=O)N(C(C)C)C1=O. The lowest BCUT2D eigenvalue weighted by atomic mass is 10.0. The lowest BCUT2D eigenvalue weighted by Gasteiger charge is -2.17. The molecule has 2 amide bonds. The topological polar surface area (TPSA) is 79.1 Å². The minimum Gasteiger partial charge on any atom is -0.294 e. The molecule has 1 aliphatic rings. The van der Waals surface area contributed by atoms with E-state index >= 15 is 0 Å². The van der Waals surface area contributed by atoms with E-state index in [1.54, 1.807) is 55.1 Å². The van der Waals surface area contributed by atoms with Crippen LogP contribution in [0.25, 0.3) is 17.0 Å². The highest BCUT2D eigenvalue weighted by Gasteiger charge is 2.48. The molecule has 0 atom stereocenters. The van der Waals surface area contributed by atoms with E-state index in [4.69, 9.17) is 11.6 Å². The maximum Gasteiger partial charge on any atom is 0.327 e. The summed E-state index contributed by atoms with van der Waals surface area (Å²) in [6.07, 6.45) is 4.79. The molecule has 0 spiro atoms. The molecule has 0 unspecified atom stereocenters. The maximum atomic E-state index is 13.7. The van der Waals surface area contributed by atoms with Crippen LogP contribution in [0.3, 0.4) is 0 Å². The van der Waals surface area contributed by atoms with Gasteiger partial charge in [0.15, 0.2) is 12.4 Å². The number of carbonyl (C=O) groups excluding carboxylic acids is 2. The van der Waals surface area contributed by atoms with Crippen LogP contribution in [-0.4, -0.2) is 32.5 Å². The molecule has 4 rings (SSSR count). The molecule has 170 valence electrons. The monoisotopic (exact) mass is 465 g/mol. The fourth-order valence-electron chi connectivity index (χ4n) is 4.17.